The van der Waals surface area contributed by atoms with Crippen LogP contribution in [0.3, 0.4) is 0 Å². The highest BCUT2D eigenvalue weighted by Crippen LogP contribution is 2.29. The van der Waals surface area contributed by atoms with E-state index in [0.29, 0.717) is 35.1 Å². The topological polar surface area (TPSA) is 116 Å². The highest BCUT2D eigenvalue weighted by Gasteiger charge is 2.34. The van der Waals surface area contributed by atoms with Crippen molar-refractivity contribution in [1.82, 2.24) is 10.6 Å². The minimum Gasteiger partial charge on any atom is -0.390 e. The van der Waals surface area contributed by atoms with Crippen LogP contribution < -0.4 is 10.6 Å². The number of aliphatic hydroxyl groups is 2. The van der Waals surface area contributed by atoms with Gasteiger partial charge in [-0.05, 0) is 60.9 Å². The van der Waals surface area contributed by atoms with Crippen LogP contribution in [0.25, 0.3) is 0 Å². The second-order valence-corrected chi connectivity index (χ2v) is 14.3. The molecule has 0 aromatic heterocycles. The summed E-state index contributed by atoms with van der Waals surface area (Å²) < 4.78 is 13.3. The standard InChI is InChI=1S/C35H47ClN2O5S/c1-4-11-30(35(42)38-31(22-26-14-9-6-10-15-26)33(40)32(39)20-24(2)3)37-34(41)27(21-25-12-7-5-8-13-25)23-44(43)29-18-16-28(36)17-19-29/h1,5,7-8,12-13,16-19,24,26-27,30-33,39-40H,6,9-11,14-15,20-23H2,2-3H3,(H,37,41)(H,38,42)/t27-,30+,31+,32+,33-,44?/m1/s1. The molecular formula is C35H47ClN2O5S. The summed E-state index contributed by atoms with van der Waals surface area (Å²) in [5.41, 5.74) is 0.897. The van der Waals surface area contributed by atoms with Crippen LogP contribution in [0.4, 0.5) is 0 Å². The molecule has 1 unspecified atom stereocenters. The first kappa shape index (κ1) is 35.8. The lowest BCUT2D eigenvalue weighted by Gasteiger charge is -2.33. The maximum absolute atomic E-state index is 13.7. The van der Waals surface area contributed by atoms with Gasteiger partial charge >= 0.3 is 0 Å². The van der Waals surface area contributed by atoms with E-state index in [1.54, 1.807) is 24.3 Å². The Kier molecular flexibility index (Phi) is 14.9. The first-order valence-corrected chi connectivity index (χ1v) is 17.3. The summed E-state index contributed by atoms with van der Waals surface area (Å²) in [7, 11) is -1.50. The molecule has 2 amide bonds. The number of benzene rings is 2. The Balaban J connectivity index is 1.78. The molecule has 4 N–H and O–H groups in total. The first-order chi connectivity index (χ1) is 21.1. The lowest BCUT2D eigenvalue weighted by molar-refractivity contribution is -0.132. The highest BCUT2D eigenvalue weighted by atomic mass is 35.5. The van der Waals surface area contributed by atoms with E-state index in [-0.39, 0.29) is 18.1 Å². The summed E-state index contributed by atoms with van der Waals surface area (Å²) in [6.07, 6.45) is 10.1. The van der Waals surface area contributed by atoms with Crippen molar-refractivity contribution >= 4 is 34.2 Å². The van der Waals surface area contributed by atoms with Crippen molar-refractivity contribution in [3.05, 3.63) is 65.2 Å². The molecule has 0 spiro atoms. The molecule has 0 saturated heterocycles. The van der Waals surface area contributed by atoms with Crippen LogP contribution in [0.1, 0.15) is 70.8 Å². The van der Waals surface area contributed by atoms with E-state index in [0.717, 1.165) is 31.2 Å². The van der Waals surface area contributed by atoms with Crippen molar-refractivity contribution in [2.75, 3.05) is 5.75 Å². The Labute approximate surface area is 270 Å². The smallest absolute Gasteiger partial charge is 0.243 e. The van der Waals surface area contributed by atoms with Gasteiger partial charge in [-0.2, -0.15) is 0 Å². The second kappa shape index (κ2) is 18.3. The van der Waals surface area contributed by atoms with Gasteiger partial charge in [0, 0.05) is 22.1 Å². The Morgan fingerprint density at radius 3 is 2.27 bits per heavy atom. The van der Waals surface area contributed by atoms with Crippen LogP contribution >= 0.6 is 11.6 Å². The van der Waals surface area contributed by atoms with Crippen LogP contribution in [0, 0.1) is 30.1 Å². The molecule has 0 heterocycles. The van der Waals surface area contributed by atoms with E-state index in [4.69, 9.17) is 18.0 Å². The number of amides is 2. The number of hydrogen-bond acceptors (Lipinski definition) is 5. The molecule has 44 heavy (non-hydrogen) atoms. The van der Waals surface area contributed by atoms with Gasteiger partial charge in [-0.15, -0.1) is 12.3 Å². The van der Waals surface area contributed by atoms with E-state index in [1.165, 1.54) is 6.42 Å². The van der Waals surface area contributed by atoms with Crippen LogP contribution in [-0.2, 0) is 26.8 Å². The minimum absolute atomic E-state index is 0.0389. The molecule has 0 aliphatic heterocycles. The zero-order valence-electron chi connectivity index (χ0n) is 25.8. The van der Waals surface area contributed by atoms with Gasteiger partial charge in [0.05, 0.1) is 28.9 Å². The molecule has 1 aliphatic carbocycles. The van der Waals surface area contributed by atoms with Crippen molar-refractivity contribution in [2.24, 2.45) is 17.8 Å². The van der Waals surface area contributed by atoms with Gasteiger partial charge in [0.15, 0.2) is 0 Å². The molecule has 2 aromatic rings. The fourth-order valence-electron chi connectivity index (χ4n) is 5.85. The van der Waals surface area contributed by atoms with E-state index < -0.39 is 52.8 Å². The van der Waals surface area contributed by atoms with E-state index in [2.05, 4.69) is 16.6 Å². The highest BCUT2D eigenvalue weighted by molar-refractivity contribution is 7.85. The first-order valence-electron chi connectivity index (χ1n) is 15.7. The van der Waals surface area contributed by atoms with E-state index in [1.807, 2.05) is 44.2 Å². The Morgan fingerprint density at radius 2 is 1.66 bits per heavy atom. The van der Waals surface area contributed by atoms with Crippen molar-refractivity contribution in [3.63, 3.8) is 0 Å². The molecule has 9 heteroatoms. The van der Waals surface area contributed by atoms with Crippen LogP contribution in [0.15, 0.2) is 59.5 Å². The minimum atomic E-state index is -1.50. The van der Waals surface area contributed by atoms with Crippen LogP contribution in [-0.4, -0.2) is 56.3 Å². The quantitative estimate of drug-likeness (QED) is 0.192. The van der Waals surface area contributed by atoms with Crippen LogP contribution in [0.2, 0.25) is 5.02 Å². The molecule has 1 aliphatic rings. The SMILES string of the molecule is C#CC[C@H](NC(=O)[C@H](Cc1ccccc1)CS(=O)c1ccc(Cl)cc1)C(=O)N[C@@H](CC1CCCCC1)[C@@H](O)[C@@H](O)CC(C)C. The Bertz CT molecular complexity index is 1240. The van der Waals surface area contributed by atoms with Crippen molar-refractivity contribution in [3.8, 4) is 12.3 Å². The molecule has 2 aromatic carbocycles. The molecule has 240 valence electrons. The number of carbonyl (C=O) groups is 2. The summed E-state index contributed by atoms with van der Waals surface area (Å²) in [5, 5.41) is 28.2. The largest absolute Gasteiger partial charge is 0.390 e. The number of nitrogens with one attached hydrogen (secondary N) is 2. The summed E-state index contributed by atoms with van der Waals surface area (Å²) >= 11 is 6.00. The molecule has 1 saturated carbocycles. The molecule has 6 atom stereocenters. The second-order valence-electron chi connectivity index (χ2n) is 12.4. The summed E-state index contributed by atoms with van der Waals surface area (Å²) in [6, 6.07) is 14.4. The average molecular weight is 643 g/mol. The number of halogens is 1. The fourth-order valence-corrected chi connectivity index (χ4v) is 7.24. The maximum atomic E-state index is 13.7. The summed E-state index contributed by atoms with van der Waals surface area (Å²) in [6.45, 7) is 3.93. The summed E-state index contributed by atoms with van der Waals surface area (Å²) in [5.74, 6) is 1.37. The van der Waals surface area contributed by atoms with Crippen molar-refractivity contribution in [1.29, 1.82) is 0 Å². The molecule has 7 nitrogen and oxygen atoms in total. The third-order valence-electron chi connectivity index (χ3n) is 8.24. The lowest BCUT2D eigenvalue weighted by atomic mass is 9.82. The maximum Gasteiger partial charge on any atom is 0.243 e. The van der Waals surface area contributed by atoms with Gasteiger partial charge in [0.25, 0.3) is 0 Å². The monoisotopic (exact) mass is 642 g/mol. The number of carbonyl (C=O) groups excluding carboxylic acids is 2. The third-order valence-corrected chi connectivity index (χ3v) is 9.99. The number of aliphatic hydroxyl groups excluding tert-OH is 2. The zero-order chi connectivity index (χ0) is 32.1. The van der Waals surface area contributed by atoms with Crippen molar-refractivity contribution in [2.45, 2.75) is 101 Å². The lowest BCUT2D eigenvalue weighted by Crippen LogP contribution is -2.56. The fraction of sp³-hybridized carbons (Fsp3) is 0.543. The predicted octanol–water partition coefficient (Wildman–Crippen LogP) is 5.04. The third kappa shape index (κ3) is 11.7. The van der Waals surface area contributed by atoms with Gasteiger partial charge < -0.3 is 20.8 Å². The number of hydrogen-bond donors (Lipinski definition) is 4. The Morgan fingerprint density at radius 1 is 1.00 bits per heavy atom. The van der Waals surface area contributed by atoms with Crippen molar-refractivity contribution < 1.29 is 24.0 Å². The van der Waals surface area contributed by atoms with Gasteiger partial charge in [-0.25, -0.2) is 0 Å². The zero-order valence-corrected chi connectivity index (χ0v) is 27.4. The molecule has 1 fully saturated rings. The molecule has 3 rings (SSSR count). The normalized spacial score (nSPS) is 17.9. The van der Waals surface area contributed by atoms with Crippen LogP contribution in [0.5, 0.6) is 0 Å². The predicted molar refractivity (Wildman–Crippen MR) is 176 cm³/mol. The van der Waals surface area contributed by atoms with Gasteiger partial charge in [-0.3, -0.25) is 13.8 Å². The number of terminal acetylenes is 1. The average Bonchev–Trinajstić information content (AvgIpc) is 3.00. The Hall–Kier alpha value is -2.70. The van der Waals surface area contributed by atoms with Gasteiger partial charge in [-0.1, -0.05) is 87.9 Å². The molecule has 0 radical (unpaired) electrons. The number of rotatable bonds is 16. The summed E-state index contributed by atoms with van der Waals surface area (Å²) in [4.78, 5) is 27.9. The molecule has 0 bridgehead atoms. The van der Waals surface area contributed by atoms with Gasteiger partial charge in [0.2, 0.25) is 11.8 Å². The molecular weight excluding hydrogens is 596 g/mol. The van der Waals surface area contributed by atoms with Gasteiger partial charge in [0.1, 0.15) is 12.1 Å². The van der Waals surface area contributed by atoms with E-state index in [9.17, 15) is 24.0 Å². The van der Waals surface area contributed by atoms with E-state index >= 15 is 0 Å².